The van der Waals surface area contributed by atoms with Crippen LogP contribution in [0.25, 0.3) is 0 Å². The normalized spacial score (nSPS) is 12.1. The summed E-state index contributed by atoms with van der Waals surface area (Å²) in [5.74, 6) is 0. The zero-order valence-corrected chi connectivity index (χ0v) is 14.7. The van der Waals surface area contributed by atoms with Gasteiger partial charge in [-0.15, -0.1) is 0 Å². The lowest BCUT2D eigenvalue weighted by molar-refractivity contribution is 0.189. The highest BCUT2D eigenvalue weighted by atomic mass is 79.9. The number of hydrogen-bond donors (Lipinski definition) is 1. The number of nitrogen functional groups attached to an aromatic ring is 1. The summed E-state index contributed by atoms with van der Waals surface area (Å²) < 4.78 is 32.2. The van der Waals surface area contributed by atoms with Gasteiger partial charge in [0.25, 0.3) is 0 Å². The van der Waals surface area contributed by atoms with Gasteiger partial charge in [0.05, 0.1) is 5.69 Å². The van der Waals surface area contributed by atoms with E-state index in [9.17, 15) is 8.42 Å². The van der Waals surface area contributed by atoms with Crippen molar-refractivity contribution in [1.82, 2.24) is 4.31 Å². The van der Waals surface area contributed by atoms with Crippen molar-refractivity contribution in [2.75, 3.05) is 33.0 Å². The van der Waals surface area contributed by atoms with Gasteiger partial charge in [0.2, 0.25) is 10.0 Å². The van der Waals surface area contributed by atoms with Crippen molar-refractivity contribution in [2.24, 2.45) is 0 Å². The van der Waals surface area contributed by atoms with E-state index in [2.05, 4.69) is 31.9 Å². The summed E-state index contributed by atoms with van der Waals surface area (Å²) in [4.78, 5) is 0.0932. The second kappa shape index (κ2) is 7.03. The summed E-state index contributed by atoms with van der Waals surface area (Å²) in [6, 6.07) is 3.23. The van der Waals surface area contributed by atoms with E-state index in [0.717, 1.165) is 4.47 Å². The summed E-state index contributed by atoms with van der Waals surface area (Å²) in [6.07, 6.45) is 0.625. The van der Waals surface area contributed by atoms with Crippen LogP contribution in [0.5, 0.6) is 0 Å². The fourth-order valence-electron chi connectivity index (χ4n) is 1.56. The van der Waals surface area contributed by atoms with Gasteiger partial charge in [-0.3, -0.25) is 0 Å². The maximum Gasteiger partial charge on any atom is 0.245 e. The molecule has 0 unspecified atom stereocenters. The Morgan fingerprint density at radius 3 is 2.53 bits per heavy atom. The van der Waals surface area contributed by atoms with Crippen molar-refractivity contribution in [2.45, 2.75) is 11.3 Å². The number of methoxy groups -OCH3 is 1. The maximum absolute atomic E-state index is 12.4. The molecular formula is C11H16Br2N2O3S. The summed E-state index contributed by atoms with van der Waals surface area (Å²) in [7, 11) is -0.505. The molecule has 19 heavy (non-hydrogen) atoms. The van der Waals surface area contributed by atoms with Crippen LogP contribution in [0.1, 0.15) is 6.42 Å². The molecule has 0 saturated heterocycles. The van der Waals surface area contributed by atoms with Crippen molar-refractivity contribution in [1.29, 1.82) is 0 Å². The van der Waals surface area contributed by atoms with Crippen LogP contribution in [0.4, 0.5) is 5.69 Å². The molecule has 1 rings (SSSR count). The van der Waals surface area contributed by atoms with Crippen LogP contribution in [-0.2, 0) is 14.8 Å². The lowest BCUT2D eigenvalue weighted by Crippen LogP contribution is -2.29. The second-order valence-corrected chi connectivity index (χ2v) is 7.73. The Morgan fingerprint density at radius 1 is 1.37 bits per heavy atom. The lowest BCUT2D eigenvalue weighted by atomic mass is 10.3. The fourth-order valence-corrected chi connectivity index (χ4v) is 4.78. The molecule has 0 bridgehead atoms. The third-order valence-electron chi connectivity index (χ3n) is 2.53. The van der Waals surface area contributed by atoms with E-state index in [1.165, 1.54) is 11.4 Å². The van der Waals surface area contributed by atoms with Crippen molar-refractivity contribution in [3.8, 4) is 0 Å². The number of benzene rings is 1. The van der Waals surface area contributed by atoms with Gasteiger partial charge in [-0.05, 0) is 34.5 Å². The molecule has 0 fully saturated rings. The highest BCUT2D eigenvalue weighted by Crippen LogP contribution is 2.33. The van der Waals surface area contributed by atoms with Crippen molar-refractivity contribution < 1.29 is 13.2 Å². The van der Waals surface area contributed by atoms with Crippen molar-refractivity contribution in [3.05, 3.63) is 21.1 Å². The van der Waals surface area contributed by atoms with Gasteiger partial charge in [-0.1, -0.05) is 15.9 Å². The number of sulfonamides is 1. The quantitative estimate of drug-likeness (QED) is 0.572. The predicted octanol–water partition coefficient (Wildman–Crippen LogP) is 2.45. The Morgan fingerprint density at radius 2 is 2.00 bits per heavy atom. The van der Waals surface area contributed by atoms with E-state index in [1.54, 1.807) is 19.2 Å². The van der Waals surface area contributed by atoms with Crippen LogP contribution in [0.15, 0.2) is 26.0 Å². The molecule has 8 heteroatoms. The number of rotatable bonds is 6. The smallest absolute Gasteiger partial charge is 0.245 e. The Labute approximate surface area is 130 Å². The maximum atomic E-state index is 12.4. The molecule has 1 aromatic rings. The molecule has 0 atom stereocenters. The van der Waals surface area contributed by atoms with Gasteiger partial charge in [0.1, 0.15) is 4.90 Å². The third-order valence-corrected chi connectivity index (χ3v) is 5.85. The first-order valence-electron chi connectivity index (χ1n) is 5.50. The number of nitrogens with two attached hydrogens (primary N) is 1. The van der Waals surface area contributed by atoms with E-state index in [0.29, 0.717) is 24.0 Å². The molecule has 0 amide bonds. The molecule has 108 valence electrons. The largest absolute Gasteiger partial charge is 0.398 e. The summed E-state index contributed by atoms with van der Waals surface area (Å²) in [5, 5.41) is 0. The first-order chi connectivity index (χ1) is 8.80. The molecule has 5 nitrogen and oxygen atoms in total. The highest BCUT2D eigenvalue weighted by molar-refractivity contribution is 9.11. The number of nitrogens with zero attached hydrogens (tertiary/aromatic N) is 1. The van der Waals surface area contributed by atoms with Crippen molar-refractivity contribution >= 4 is 47.6 Å². The number of ether oxygens (including phenoxy) is 1. The molecule has 0 spiro atoms. The van der Waals surface area contributed by atoms with E-state index < -0.39 is 10.0 Å². The third kappa shape index (κ3) is 4.16. The molecular weight excluding hydrogens is 400 g/mol. The first kappa shape index (κ1) is 16.9. The molecule has 0 heterocycles. The van der Waals surface area contributed by atoms with Gasteiger partial charge in [-0.2, -0.15) is 0 Å². The molecule has 0 saturated carbocycles. The standard InChI is InChI=1S/C11H16Br2N2O3S/c1-15(4-3-5-18-2)19(16,17)11-9(13)6-8(12)7-10(11)14/h6-7H,3-5,14H2,1-2H3. The zero-order chi connectivity index (χ0) is 14.6. The lowest BCUT2D eigenvalue weighted by Gasteiger charge is -2.19. The zero-order valence-electron chi connectivity index (χ0n) is 10.7. The first-order valence-corrected chi connectivity index (χ1v) is 8.53. The average molecular weight is 416 g/mol. The summed E-state index contributed by atoms with van der Waals surface area (Å²) in [5.41, 5.74) is 6.02. The molecule has 2 N–H and O–H groups in total. The van der Waals surface area contributed by atoms with Crippen LogP contribution < -0.4 is 5.73 Å². The van der Waals surface area contributed by atoms with Crippen LogP contribution >= 0.6 is 31.9 Å². The monoisotopic (exact) mass is 414 g/mol. The van der Waals surface area contributed by atoms with Crippen LogP contribution in [0.3, 0.4) is 0 Å². The van der Waals surface area contributed by atoms with Crippen LogP contribution in [0, 0.1) is 0 Å². The Hall–Kier alpha value is -0.150. The van der Waals surface area contributed by atoms with Gasteiger partial charge < -0.3 is 10.5 Å². The van der Waals surface area contributed by atoms with E-state index in [1.807, 2.05) is 0 Å². The number of halogens is 2. The van der Waals surface area contributed by atoms with Crippen LogP contribution in [-0.4, -0.2) is 40.0 Å². The van der Waals surface area contributed by atoms with Gasteiger partial charge >= 0.3 is 0 Å². The Kier molecular flexibility index (Phi) is 6.25. The minimum Gasteiger partial charge on any atom is -0.398 e. The minimum atomic E-state index is -3.61. The molecule has 0 aliphatic carbocycles. The summed E-state index contributed by atoms with van der Waals surface area (Å²) in [6.45, 7) is 0.884. The average Bonchev–Trinajstić information content (AvgIpc) is 2.27. The molecule has 0 aliphatic heterocycles. The Balaban J connectivity index is 3.07. The van der Waals surface area contributed by atoms with Crippen LogP contribution in [0.2, 0.25) is 0 Å². The Bertz CT molecular complexity index is 526. The molecule has 1 aromatic carbocycles. The van der Waals surface area contributed by atoms with Gasteiger partial charge in [0, 0.05) is 36.3 Å². The molecule has 0 aliphatic rings. The van der Waals surface area contributed by atoms with Gasteiger partial charge in [-0.25, -0.2) is 12.7 Å². The fraction of sp³-hybridized carbons (Fsp3) is 0.455. The topological polar surface area (TPSA) is 72.6 Å². The summed E-state index contributed by atoms with van der Waals surface area (Å²) >= 11 is 6.51. The van der Waals surface area contributed by atoms with E-state index >= 15 is 0 Å². The number of anilines is 1. The van der Waals surface area contributed by atoms with E-state index in [4.69, 9.17) is 10.5 Å². The molecule has 0 aromatic heterocycles. The SMILES string of the molecule is COCCCN(C)S(=O)(=O)c1c(N)cc(Br)cc1Br. The highest BCUT2D eigenvalue weighted by Gasteiger charge is 2.26. The second-order valence-electron chi connectivity index (χ2n) is 3.98. The van der Waals surface area contributed by atoms with E-state index in [-0.39, 0.29) is 10.6 Å². The minimum absolute atomic E-state index is 0.0932. The van der Waals surface area contributed by atoms with Gasteiger partial charge in [0.15, 0.2) is 0 Å². The number of hydrogen-bond acceptors (Lipinski definition) is 4. The molecule has 0 radical (unpaired) electrons. The van der Waals surface area contributed by atoms with Crippen molar-refractivity contribution in [3.63, 3.8) is 0 Å². The predicted molar refractivity (Wildman–Crippen MR) is 82.6 cm³/mol.